The third-order valence-corrected chi connectivity index (χ3v) is 4.23. The van der Waals surface area contributed by atoms with Crippen molar-refractivity contribution >= 4 is 21.6 Å². The smallest absolute Gasteiger partial charge is 0.257 e. The van der Waals surface area contributed by atoms with E-state index in [1.54, 1.807) is 6.92 Å². The molecule has 7 heteroatoms. The lowest BCUT2D eigenvalue weighted by molar-refractivity contribution is 0.578. The number of sulfonamides is 1. The number of halogens is 1. The van der Waals surface area contributed by atoms with E-state index < -0.39 is 10.0 Å². The van der Waals surface area contributed by atoms with Crippen molar-refractivity contribution in [3.63, 3.8) is 0 Å². The predicted octanol–water partition coefficient (Wildman–Crippen LogP) is 1.94. The maximum atomic E-state index is 11.9. The molecule has 1 heterocycles. The minimum absolute atomic E-state index is 0.0716. The fourth-order valence-electron chi connectivity index (χ4n) is 1.54. The molecule has 0 saturated heterocycles. The van der Waals surface area contributed by atoms with Gasteiger partial charge in [0.15, 0.2) is 5.03 Å². The van der Waals surface area contributed by atoms with E-state index in [0.29, 0.717) is 11.7 Å². The van der Waals surface area contributed by atoms with E-state index in [0.717, 1.165) is 11.1 Å². The molecule has 2 aromatic rings. The van der Waals surface area contributed by atoms with Gasteiger partial charge in [0.25, 0.3) is 10.0 Å². The van der Waals surface area contributed by atoms with Crippen LogP contribution >= 0.6 is 11.6 Å². The van der Waals surface area contributed by atoms with Crippen molar-refractivity contribution in [1.82, 2.24) is 14.7 Å². The molecule has 0 unspecified atom stereocenters. The molecular weight excluding hydrogens is 286 g/mol. The number of alkyl halides is 1. The van der Waals surface area contributed by atoms with Crippen LogP contribution in [0.25, 0.3) is 0 Å². The van der Waals surface area contributed by atoms with Gasteiger partial charge in [0.1, 0.15) is 5.82 Å². The van der Waals surface area contributed by atoms with Crippen LogP contribution in [-0.2, 0) is 22.4 Å². The summed E-state index contributed by atoms with van der Waals surface area (Å²) in [5.74, 6) is 1.01. The van der Waals surface area contributed by atoms with Crippen LogP contribution in [0.3, 0.4) is 0 Å². The quantitative estimate of drug-likeness (QED) is 0.829. The summed E-state index contributed by atoms with van der Waals surface area (Å²) in [4.78, 5) is 6.56. The van der Waals surface area contributed by atoms with Gasteiger partial charge in [0.2, 0.25) is 0 Å². The van der Waals surface area contributed by atoms with E-state index in [1.807, 2.05) is 24.3 Å². The van der Waals surface area contributed by atoms with Crippen LogP contribution in [-0.4, -0.2) is 18.4 Å². The molecule has 0 aliphatic rings. The zero-order chi connectivity index (χ0) is 13.9. The van der Waals surface area contributed by atoms with Crippen LogP contribution in [0.1, 0.15) is 17.0 Å². The molecule has 0 fully saturated rings. The van der Waals surface area contributed by atoms with Gasteiger partial charge in [-0.05, 0) is 18.1 Å². The minimum Gasteiger partial charge on any atom is -0.332 e. The van der Waals surface area contributed by atoms with E-state index in [2.05, 4.69) is 14.7 Å². The number of H-pyrrole nitrogens is 1. The molecule has 1 aromatic heterocycles. The topological polar surface area (TPSA) is 74.8 Å². The summed E-state index contributed by atoms with van der Waals surface area (Å²) in [6.07, 6.45) is 1.30. The minimum atomic E-state index is -3.55. The molecule has 5 nitrogen and oxygen atoms in total. The van der Waals surface area contributed by atoms with Gasteiger partial charge in [-0.25, -0.2) is 18.1 Å². The molecule has 0 atom stereocenters. The molecule has 0 radical (unpaired) electrons. The normalized spacial score (nSPS) is 11.7. The van der Waals surface area contributed by atoms with E-state index in [1.165, 1.54) is 6.20 Å². The highest BCUT2D eigenvalue weighted by Crippen LogP contribution is 2.09. The molecule has 0 bridgehead atoms. The lowest BCUT2D eigenvalue weighted by Crippen LogP contribution is -2.23. The van der Waals surface area contributed by atoms with Crippen molar-refractivity contribution in [3.8, 4) is 0 Å². The number of aryl methyl sites for hydroxylation is 1. The van der Waals surface area contributed by atoms with Gasteiger partial charge in [-0.15, -0.1) is 11.6 Å². The van der Waals surface area contributed by atoms with E-state index in [-0.39, 0.29) is 11.6 Å². The highest BCUT2D eigenvalue weighted by atomic mass is 35.5. The van der Waals surface area contributed by atoms with E-state index in [4.69, 9.17) is 11.6 Å². The monoisotopic (exact) mass is 299 g/mol. The fraction of sp³-hybridized carbons (Fsp3) is 0.250. The number of nitrogens with zero attached hydrogens (tertiary/aromatic N) is 1. The number of imidazole rings is 1. The standard InChI is InChI=1S/C12H14ClN3O2S/c1-9-14-8-12(16-9)19(17,18)15-7-11-4-2-10(6-13)3-5-11/h2-5,8,15H,6-7H2,1H3,(H,14,16). The Morgan fingerprint density at radius 1 is 1.26 bits per heavy atom. The zero-order valence-electron chi connectivity index (χ0n) is 10.4. The Kier molecular flexibility index (Phi) is 4.24. The van der Waals surface area contributed by atoms with Crippen molar-refractivity contribution in [1.29, 1.82) is 0 Å². The number of hydrogen-bond acceptors (Lipinski definition) is 3. The Morgan fingerprint density at radius 2 is 1.89 bits per heavy atom. The van der Waals surface area contributed by atoms with Gasteiger partial charge >= 0.3 is 0 Å². The summed E-state index contributed by atoms with van der Waals surface area (Å²) in [7, 11) is -3.55. The van der Waals surface area contributed by atoms with Crippen LogP contribution in [0.15, 0.2) is 35.5 Å². The summed E-state index contributed by atoms with van der Waals surface area (Å²) in [6.45, 7) is 1.92. The number of aromatic nitrogens is 2. The maximum absolute atomic E-state index is 11.9. The summed E-state index contributed by atoms with van der Waals surface area (Å²) in [6, 6.07) is 7.44. The van der Waals surface area contributed by atoms with Gasteiger partial charge < -0.3 is 4.98 Å². The van der Waals surface area contributed by atoms with Gasteiger partial charge in [-0.1, -0.05) is 24.3 Å². The second-order valence-corrected chi connectivity index (χ2v) is 6.11. The molecule has 1 aromatic carbocycles. The average Bonchev–Trinajstić information content (AvgIpc) is 2.85. The molecule has 102 valence electrons. The molecule has 19 heavy (non-hydrogen) atoms. The fourth-order valence-corrected chi connectivity index (χ4v) is 2.70. The van der Waals surface area contributed by atoms with Crippen LogP contribution in [0, 0.1) is 6.92 Å². The second kappa shape index (κ2) is 5.73. The molecular formula is C12H14ClN3O2S. The molecule has 0 spiro atoms. The van der Waals surface area contributed by atoms with Gasteiger partial charge in [0.05, 0.1) is 6.20 Å². The Balaban J connectivity index is 2.05. The first-order valence-corrected chi connectivity index (χ1v) is 7.68. The van der Waals surface area contributed by atoms with Crippen molar-refractivity contribution in [2.24, 2.45) is 0 Å². The molecule has 0 amide bonds. The van der Waals surface area contributed by atoms with Gasteiger partial charge in [0, 0.05) is 12.4 Å². The van der Waals surface area contributed by atoms with Gasteiger partial charge in [-0.3, -0.25) is 0 Å². The van der Waals surface area contributed by atoms with Crippen molar-refractivity contribution in [2.45, 2.75) is 24.4 Å². The van der Waals surface area contributed by atoms with Crippen molar-refractivity contribution in [2.75, 3.05) is 0 Å². The number of rotatable bonds is 5. The maximum Gasteiger partial charge on any atom is 0.257 e. The summed E-state index contributed by atoms with van der Waals surface area (Å²) in [5.41, 5.74) is 1.87. The van der Waals surface area contributed by atoms with Crippen LogP contribution in [0.5, 0.6) is 0 Å². The van der Waals surface area contributed by atoms with Crippen molar-refractivity contribution < 1.29 is 8.42 Å². The molecule has 2 N–H and O–H groups in total. The Hall–Kier alpha value is -1.37. The Bertz CT molecular complexity index is 650. The van der Waals surface area contributed by atoms with Crippen LogP contribution in [0.2, 0.25) is 0 Å². The molecule has 0 aliphatic heterocycles. The first-order valence-electron chi connectivity index (χ1n) is 5.66. The summed E-state index contributed by atoms with van der Waals surface area (Å²) < 4.78 is 26.4. The van der Waals surface area contributed by atoms with Crippen LogP contribution < -0.4 is 4.72 Å². The van der Waals surface area contributed by atoms with E-state index in [9.17, 15) is 8.42 Å². The molecule has 0 saturated carbocycles. The average molecular weight is 300 g/mol. The SMILES string of the molecule is Cc1ncc(S(=O)(=O)NCc2ccc(CCl)cc2)[nH]1. The number of hydrogen-bond donors (Lipinski definition) is 2. The molecule has 0 aliphatic carbocycles. The lowest BCUT2D eigenvalue weighted by Gasteiger charge is -2.05. The Labute approximate surface area is 117 Å². The summed E-state index contributed by atoms with van der Waals surface area (Å²) >= 11 is 5.69. The lowest BCUT2D eigenvalue weighted by atomic mass is 10.1. The summed E-state index contributed by atoms with van der Waals surface area (Å²) in [5, 5.41) is 0.0716. The third-order valence-electron chi connectivity index (χ3n) is 2.61. The first-order chi connectivity index (χ1) is 9.01. The first kappa shape index (κ1) is 14.0. The highest BCUT2D eigenvalue weighted by molar-refractivity contribution is 7.89. The second-order valence-electron chi connectivity index (χ2n) is 4.11. The zero-order valence-corrected chi connectivity index (χ0v) is 11.9. The van der Waals surface area contributed by atoms with Gasteiger partial charge in [-0.2, -0.15) is 0 Å². The number of nitrogens with one attached hydrogen (secondary N) is 2. The number of aromatic amines is 1. The van der Waals surface area contributed by atoms with Crippen molar-refractivity contribution in [3.05, 3.63) is 47.4 Å². The predicted molar refractivity (Wildman–Crippen MR) is 73.3 cm³/mol. The van der Waals surface area contributed by atoms with Crippen LogP contribution in [0.4, 0.5) is 0 Å². The van der Waals surface area contributed by atoms with E-state index >= 15 is 0 Å². The third kappa shape index (κ3) is 3.56. The largest absolute Gasteiger partial charge is 0.332 e. The highest BCUT2D eigenvalue weighted by Gasteiger charge is 2.15. The number of benzene rings is 1. The molecule has 2 rings (SSSR count). The Morgan fingerprint density at radius 3 is 2.42 bits per heavy atom.